The molecule has 0 bridgehead atoms. The van der Waals surface area contributed by atoms with E-state index in [2.05, 4.69) is 5.32 Å². The lowest BCUT2D eigenvalue weighted by Crippen LogP contribution is -2.34. The van der Waals surface area contributed by atoms with Gasteiger partial charge < -0.3 is 19.5 Å². The number of rotatable bonds is 7. The molecule has 0 aliphatic heterocycles. The lowest BCUT2D eigenvalue weighted by Gasteiger charge is -2.18. The van der Waals surface area contributed by atoms with Crippen LogP contribution in [0.2, 0.25) is 5.02 Å². The van der Waals surface area contributed by atoms with Gasteiger partial charge in [-0.05, 0) is 36.6 Å². The molecule has 138 valence electrons. The van der Waals surface area contributed by atoms with Crippen LogP contribution in [0.25, 0.3) is 0 Å². The largest absolute Gasteiger partial charge is 0.496 e. The number of nitrogens with one attached hydrogen (secondary N) is 1. The highest BCUT2D eigenvalue weighted by Crippen LogP contribution is 2.48. The van der Waals surface area contributed by atoms with Crippen LogP contribution in [0.4, 0.5) is 0 Å². The molecule has 0 radical (unpaired) electrons. The van der Waals surface area contributed by atoms with Crippen molar-refractivity contribution in [3.05, 3.63) is 52.5 Å². The van der Waals surface area contributed by atoms with Crippen LogP contribution in [0.3, 0.4) is 0 Å². The first-order chi connectivity index (χ1) is 12.5. The molecule has 0 saturated heterocycles. The number of ether oxygens (including phenoxy) is 3. The Morgan fingerprint density at radius 1 is 1.00 bits per heavy atom. The summed E-state index contributed by atoms with van der Waals surface area (Å²) >= 11 is 5.95. The van der Waals surface area contributed by atoms with Crippen molar-refractivity contribution in [3.63, 3.8) is 0 Å². The molecule has 3 rings (SSSR count). The monoisotopic (exact) mass is 375 g/mol. The highest BCUT2D eigenvalue weighted by molar-refractivity contribution is 6.30. The Kier molecular flexibility index (Phi) is 5.28. The van der Waals surface area contributed by atoms with Gasteiger partial charge in [0.05, 0.1) is 26.7 Å². The van der Waals surface area contributed by atoms with Crippen LogP contribution in [0.5, 0.6) is 17.2 Å². The Labute approximate surface area is 158 Å². The lowest BCUT2D eigenvalue weighted by atomic mass is 9.95. The minimum absolute atomic E-state index is 0.0108. The maximum atomic E-state index is 12.8. The molecule has 6 heteroatoms. The fourth-order valence-electron chi connectivity index (χ4n) is 3.12. The molecule has 0 unspecified atom stereocenters. The molecule has 0 spiro atoms. The van der Waals surface area contributed by atoms with Crippen molar-refractivity contribution in [3.8, 4) is 17.2 Å². The van der Waals surface area contributed by atoms with Gasteiger partial charge in [0.2, 0.25) is 5.91 Å². The van der Waals surface area contributed by atoms with Crippen LogP contribution in [0.15, 0.2) is 36.4 Å². The molecule has 1 saturated carbocycles. The maximum absolute atomic E-state index is 12.8. The minimum atomic E-state index is -0.450. The summed E-state index contributed by atoms with van der Waals surface area (Å²) < 4.78 is 16.0. The summed E-state index contributed by atoms with van der Waals surface area (Å²) in [6, 6.07) is 11.1. The predicted octanol–water partition coefficient (Wildman–Crippen LogP) is 3.71. The van der Waals surface area contributed by atoms with Crippen molar-refractivity contribution in [2.24, 2.45) is 0 Å². The number of carbonyl (C=O) groups excluding carboxylic acids is 1. The average molecular weight is 376 g/mol. The smallest absolute Gasteiger partial charge is 0.230 e. The fraction of sp³-hybridized carbons (Fsp3) is 0.350. The van der Waals surface area contributed by atoms with Crippen molar-refractivity contribution >= 4 is 17.5 Å². The van der Waals surface area contributed by atoms with Crippen LogP contribution in [0, 0.1) is 0 Å². The predicted molar refractivity (Wildman–Crippen MR) is 100 cm³/mol. The molecule has 0 atom stereocenters. The SMILES string of the molecule is COc1cc(OC)c(OC)cc1CNC(=O)C1(c2ccc(Cl)cc2)CC1. The average Bonchev–Trinajstić information content (AvgIpc) is 3.47. The van der Waals surface area contributed by atoms with E-state index >= 15 is 0 Å². The summed E-state index contributed by atoms with van der Waals surface area (Å²) in [5.74, 6) is 1.83. The number of halogens is 1. The number of hydrogen-bond donors (Lipinski definition) is 1. The van der Waals surface area contributed by atoms with Crippen molar-refractivity contribution in [2.45, 2.75) is 24.8 Å². The molecular formula is C20H22ClNO4. The van der Waals surface area contributed by atoms with E-state index in [9.17, 15) is 4.79 Å². The van der Waals surface area contributed by atoms with Gasteiger partial charge in [0.15, 0.2) is 11.5 Å². The summed E-state index contributed by atoms with van der Waals surface area (Å²) in [6.45, 7) is 0.345. The summed E-state index contributed by atoms with van der Waals surface area (Å²) in [7, 11) is 4.73. The van der Waals surface area contributed by atoms with Gasteiger partial charge in [-0.1, -0.05) is 23.7 Å². The van der Waals surface area contributed by atoms with E-state index in [4.69, 9.17) is 25.8 Å². The normalized spacial score (nSPS) is 14.5. The first-order valence-electron chi connectivity index (χ1n) is 8.37. The number of amides is 1. The minimum Gasteiger partial charge on any atom is -0.496 e. The molecule has 2 aromatic carbocycles. The Bertz CT molecular complexity index is 800. The van der Waals surface area contributed by atoms with Gasteiger partial charge in [-0.25, -0.2) is 0 Å². The number of benzene rings is 2. The molecule has 1 aliphatic rings. The quantitative estimate of drug-likeness (QED) is 0.801. The highest BCUT2D eigenvalue weighted by atomic mass is 35.5. The standard InChI is InChI=1S/C20H22ClNO4/c1-24-16-11-18(26-3)17(25-2)10-13(16)12-22-19(23)20(8-9-20)14-4-6-15(21)7-5-14/h4-7,10-11H,8-9,12H2,1-3H3,(H,22,23). The first kappa shape index (κ1) is 18.4. The molecule has 2 aromatic rings. The van der Waals surface area contributed by atoms with Crippen LogP contribution < -0.4 is 19.5 Å². The molecule has 0 heterocycles. The summed E-state index contributed by atoms with van der Waals surface area (Å²) in [5.41, 5.74) is 1.37. The molecule has 1 aliphatic carbocycles. The van der Waals surface area contributed by atoms with Gasteiger partial charge in [0, 0.05) is 23.2 Å². The van der Waals surface area contributed by atoms with E-state index in [-0.39, 0.29) is 5.91 Å². The second kappa shape index (κ2) is 7.46. The molecule has 1 fully saturated rings. The van der Waals surface area contributed by atoms with E-state index in [0.29, 0.717) is 28.8 Å². The van der Waals surface area contributed by atoms with E-state index in [1.807, 2.05) is 30.3 Å². The van der Waals surface area contributed by atoms with Crippen LogP contribution in [0.1, 0.15) is 24.0 Å². The van der Waals surface area contributed by atoms with Crippen LogP contribution in [-0.2, 0) is 16.8 Å². The topological polar surface area (TPSA) is 56.8 Å². The van der Waals surface area contributed by atoms with E-state index in [1.165, 1.54) is 0 Å². The maximum Gasteiger partial charge on any atom is 0.230 e. The van der Waals surface area contributed by atoms with Crippen molar-refractivity contribution < 1.29 is 19.0 Å². The Balaban J connectivity index is 1.76. The molecule has 1 N–H and O–H groups in total. The van der Waals surface area contributed by atoms with Gasteiger partial charge >= 0.3 is 0 Å². The van der Waals surface area contributed by atoms with Crippen LogP contribution >= 0.6 is 11.6 Å². The third kappa shape index (κ3) is 3.44. The highest BCUT2D eigenvalue weighted by Gasteiger charge is 2.51. The molecule has 26 heavy (non-hydrogen) atoms. The summed E-state index contributed by atoms with van der Waals surface area (Å²) in [5, 5.41) is 3.70. The molecule has 5 nitrogen and oxygen atoms in total. The van der Waals surface area contributed by atoms with E-state index in [1.54, 1.807) is 27.4 Å². The van der Waals surface area contributed by atoms with Gasteiger partial charge in [-0.2, -0.15) is 0 Å². The van der Waals surface area contributed by atoms with E-state index in [0.717, 1.165) is 24.0 Å². The zero-order valence-electron chi connectivity index (χ0n) is 15.1. The number of carbonyl (C=O) groups is 1. The fourth-order valence-corrected chi connectivity index (χ4v) is 3.24. The van der Waals surface area contributed by atoms with Gasteiger partial charge in [0.1, 0.15) is 5.75 Å². The summed E-state index contributed by atoms with van der Waals surface area (Å²) in [6.07, 6.45) is 1.67. The number of hydrogen-bond acceptors (Lipinski definition) is 4. The van der Waals surface area contributed by atoms with Crippen molar-refractivity contribution in [1.29, 1.82) is 0 Å². The first-order valence-corrected chi connectivity index (χ1v) is 8.75. The zero-order chi connectivity index (χ0) is 18.7. The lowest BCUT2D eigenvalue weighted by molar-refractivity contribution is -0.123. The van der Waals surface area contributed by atoms with Crippen LogP contribution in [-0.4, -0.2) is 27.2 Å². The molecule has 0 aromatic heterocycles. The third-order valence-electron chi connectivity index (χ3n) is 4.81. The zero-order valence-corrected chi connectivity index (χ0v) is 15.9. The molecule has 1 amide bonds. The van der Waals surface area contributed by atoms with Gasteiger partial charge in [0.25, 0.3) is 0 Å². The van der Waals surface area contributed by atoms with Crippen molar-refractivity contribution in [2.75, 3.05) is 21.3 Å². The Morgan fingerprint density at radius 3 is 2.12 bits per heavy atom. The third-order valence-corrected chi connectivity index (χ3v) is 5.06. The second-order valence-corrected chi connectivity index (χ2v) is 6.73. The summed E-state index contributed by atoms with van der Waals surface area (Å²) in [4.78, 5) is 12.8. The van der Waals surface area contributed by atoms with Gasteiger partial charge in [-0.15, -0.1) is 0 Å². The second-order valence-electron chi connectivity index (χ2n) is 6.29. The molecular weight excluding hydrogens is 354 g/mol. The van der Waals surface area contributed by atoms with Crippen molar-refractivity contribution in [1.82, 2.24) is 5.32 Å². The van der Waals surface area contributed by atoms with Gasteiger partial charge in [-0.3, -0.25) is 4.79 Å². The Hall–Kier alpha value is -2.40. The van der Waals surface area contributed by atoms with E-state index < -0.39 is 5.41 Å². The Morgan fingerprint density at radius 2 is 1.58 bits per heavy atom. The number of methoxy groups -OCH3 is 3.